The molecule has 0 radical (unpaired) electrons. The maximum Gasteiger partial charge on any atom is 0.0915 e. The Labute approximate surface area is 163 Å². The smallest absolute Gasteiger partial charge is 0.0915 e. The third-order valence-corrected chi connectivity index (χ3v) is 5.38. The lowest BCUT2D eigenvalue weighted by atomic mass is 9.97. The number of anilines is 1. The third-order valence-electron chi connectivity index (χ3n) is 5.38. The number of nitrogens with one attached hydrogen (secondary N) is 2. The topological polar surface area (TPSA) is 44.3 Å². The van der Waals surface area contributed by atoms with E-state index >= 15 is 0 Å². The van der Waals surface area contributed by atoms with Crippen LogP contribution in [0, 0.1) is 0 Å². The number of aliphatic hydroxyl groups excluding tert-OH is 1. The maximum atomic E-state index is 10.5. The van der Waals surface area contributed by atoms with Crippen LogP contribution in [0.15, 0.2) is 36.4 Å². The molecule has 3 N–H and O–H groups in total. The SMILES string of the molecule is CCc1cc2c(cc1CC)CC(NC[C@H](O)c1cccc(NC)c1)C2.Cl. The number of fused-ring (bicyclic) bond motifs is 1. The van der Waals surface area contributed by atoms with Gasteiger partial charge in [-0.3, -0.25) is 0 Å². The van der Waals surface area contributed by atoms with Crippen LogP contribution >= 0.6 is 12.4 Å². The van der Waals surface area contributed by atoms with Gasteiger partial charge in [0.15, 0.2) is 0 Å². The minimum atomic E-state index is -0.477. The van der Waals surface area contributed by atoms with Gasteiger partial charge in [-0.25, -0.2) is 0 Å². The Morgan fingerprint density at radius 2 is 1.65 bits per heavy atom. The van der Waals surface area contributed by atoms with Gasteiger partial charge in [0.25, 0.3) is 0 Å². The second kappa shape index (κ2) is 9.40. The summed E-state index contributed by atoms with van der Waals surface area (Å²) in [5, 5.41) is 17.2. The van der Waals surface area contributed by atoms with E-state index in [0.29, 0.717) is 12.6 Å². The van der Waals surface area contributed by atoms with Gasteiger partial charge in [-0.2, -0.15) is 0 Å². The Bertz CT molecular complexity index is 699. The van der Waals surface area contributed by atoms with E-state index in [4.69, 9.17) is 0 Å². The number of aryl methyl sites for hydroxylation is 2. The lowest BCUT2D eigenvalue weighted by molar-refractivity contribution is 0.170. The zero-order valence-electron chi connectivity index (χ0n) is 16.0. The normalized spacial score (nSPS) is 14.6. The van der Waals surface area contributed by atoms with Crippen molar-refractivity contribution in [1.29, 1.82) is 0 Å². The molecular weight excluding hydrogens is 344 g/mol. The predicted molar refractivity (Wildman–Crippen MR) is 113 cm³/mol. The summed E-state index contributed by atoms with van der Waals surface area (Å²) in [5.74, 6) is 0. The van der Waals surface area contributed by atoms with E-state index in [0.717, 1.165) is 36.9 Å². The molecule has 0 heterocycles. The van der Waals surface area contributed by atoms with Crippen LogP contribution in [0.2, 0.25) is 0 Å². The van der Waals surface area contributed by atoms with Gasteiger partial charge >= 0.3 is 0 Å². The van der Waals surface area contributed by atoms with Gasteiger partial charge in [-0.05, 0) is 65.6 Å². The van der Waals surface area contributed by atoms with Crippen LogP contribution in [0.5, 0.6) is 0 Å². The highest BCUT2D eigenvalue weighted by molar-refractivity contribution is 5.85. The quantitative estimate of drug-likeness (QED) is 0.684. The highest BCUT2D eigenvalue weighted by atomic mass is 35.5. The van der Waals surface area contributed by atoms with Crippen molar-refractivity contribution in [1.82, 2.24) is 5.32 Å². The largest absolute Gasteiger partial charge is 0.388 e. The molecule has 0 fully saturated rings. The molecular formula is C22H31ClN2O. The summed E-state index contributed by atoms with van der Waals surface area (Å²) in [4.78, 5) is 0. The summed E-state index contributed by atoms with van der Waals surface area (Å²) in [6, 6.07) is 13.2. The van der Waals surface area contributed by atoms with Gasteiger partial charge in [0, 0.05) is 25.3 Å². The molecule has 2 aromatic carbocycles. The average molecular weight is 375 g/mol. The van der Waals surface area contributed by atoms with E-state index in [1.807, 2.05) is 31.3 Å². The molecule has 0 bridgehead atoms. The first-order valence-corrected chi connectivity index (χ1v) is 9.47. The van der Waals surface area contributed by atoms with Gasteiger partial charge in [0.2, 0.25) is 0 Å². The molecule has 4 heteroatoms. The highest BCUT2D eigenvalue weighted by Gasteiger charge is 2.23. The van der Waals surface area contributed by atoms with Crippen molar-refractivity contribution >= 4 is 18.1 Å². The van der Waals surface area contributed by atoms with Gasteiger partial charge in [-0.1, -0.05) is 38.1 Å². The second-order valence-corrected chi connectivity index (χ2v) is 7.00. The molecule has 1 aliphatic rings. The molecule has 0 aliphatic heterocycles. The molecule has 26 heavy (non-hydrogen) atoms. The van der Waals surface area contributed by atoms with Crippen LogP contribution in [0.1, 0.15) is 47.8 Å². The minimum absolute atomic E-state index is 0. The number of halogens is 1. The molecule has 0 aromatic heterocycles. The van der Waals surface area contributed by atoms with E-state index in [1.54, 1.807) is 0 Å². The maximum absolute atomic E-state index is 10.5. The zero-order chi connectivity index (χ0) is 17.8. The third kappa shape index (κ3) is 4.59. The monoisotopic (exact) mass is 374 g/mol. The van der Waals surface area contributed by atoms with Crippen molar-refractivity contribution in [2.24, 2.45) is 0 Å². The first kappa shape index (κ1) is 20.8. The van der Waals surface area contributed by atoms with E-state index in [-0.39, 0.29) is 12.4 Å². The second-order valence-electron chi connectivity index (χ2n) is 7.00. The van der Waals surface area contributed by atoms with Crippen molar-refractivity contribution in [3.05, 3.63) is 64.2 Å². The van der Waals surface area contributed by atoms with Crippen molar-refractivity contribution in [3.8, 4) is 0 Å². The van der Waals surface area contributed by atoms with Gasteiger partial charge in [0.05, 0.1) is 6.10 Å². The number of hydrogen-bond donors (Lipinski definition) is 3. The van der Waals surface area contributed by atoms with Crippen molar-refractivity contribution in [2.45, 2.75) is 51.7 Å². The molecule has 2 aromatic rings. The molecule has 0 amide bonds. The van der Waals surface area contributed by atoms with Crippen molar-refractivity contribution in [2.75, 3.05) is 18.9 Å². The zero-order valence-corrected chi connectivity index (χ0v) is 16.8. The molecule has 3 nitrogen and oxygen atoms in total. The fourth-order valence-electron chi connectivity index (χ4n) is 3.87. The van der Waals surface area contributed by atoms with E-state index < -0.39 is 6.10 Å². The molecule has 1 atom stereocenters. The fourth-order valence-corrected chi connectivity index (χ4v) is 3.87. The fraction of sp³-hybridized carbons (Fsp3) is 0.455. The minimum Gasteiger partial charge on any atom is -0.388 e. The summed E-state index contributed by atoms with van der Waals surface area (Å²) in [7, 11) is 1.90. The predicted octanol–water partition coefficient (Wildman–Crippen LogP) is 4.07. The molecule has 0 saturated heterocycles. The van der Waals surface area contributed by atoms with Crippen LogP contribution in [0.3, 0.4) is 0 Å². The number of rotatable bonds is 7. The number of aliphatic hydroxyl groups is 1. The Kier molecular flexibility index (Phi) is 7.51. The Hall–Kier alpha value is -1.55. The van der Waals surface area contributed by atoms with Crippen LogP contribution in [-0.2, 0) is 25.7 Å². The number of hydrogen-bond acceptors (Lipinski definition) is 3. The summed E-state index contributed by atoms with van der Waals surface area (Å²) in [5.41, 5.74) is 7.94. The molecule has 3 rings (SSSR count). The van der Waals surface area contributed by atoms with Crippen molar-refractivity contribution < 1.29 is 5.11 Å². The van der Waals surface area contributed by atoms with E-state index in [9.17, 15) is 5.11 Å². The van der Waals surface area contributed by atoms with Crippen LogP contribution < -0.4 is 10.6 Å². The standard InChI is InChI=1S/C22H30N2O.ClH/c1-4-15-9-18-12-21(13-19(18)10-16(15)5-2)24-14-22(25)17-7-6-8-20(11-17)23-3;/h6-11,21-25H,4-5,12-14H2,1-3H3;1H/t22-;/m0./s1. The van der Waals surface area contributed by atoms with E-state index in [1.165, 1.54) is 22.3 Å². The van der Waals surface area contributed by atoms with Crippen LogP contribution in [0.4, 0.5) is 5.69 Å². The molecule has 142 valence electrons. The average Bonchev–Trinajstić information content (AvgIpc) is 3.06. The molecule has 0 unspecified atom stereocenters. The van der Waals surface area contributed by atoms with Gasteiger partial charge in [-0.15, -0.1) is 12.4 Å². The Balaban J connectivity index is 0.00000243. The summed E-state index contributed by atoms with van der Waals surface area (Å²) in [6.07, 6.45) is 3.87. The summed E-state index contributed by atoms with van der Waals surface area (Å²) in [6.45, 7) is 5.06. The van der Waals surface area contributed by atoms with Crippen molar-refractivity contribution in [3.63, 3.8) is 0 Å². The van der Waals surface area contributed by atoms with Gasteiger partial charge < -0.3 is 15.7 Å². The Morgan fingerprint density at radius 1 is 1.04 bits per heavy atom. The van der Waals surface area contributed by atoms with Crippen LogP contribution in [0.25, 0.3) is 0 Å². The molecule has 0 spiro atoms. The van der Waals surface area contributed by atoms with Crippen LogP contribution in [-0.4, -0.2) is 24.7 Å². The first-order valence-electron chi connectivity index (χ1n) is 9.47. The first-order chi connectivity index (χ1) is 12.1. The Morgan fingerprint density at radius 3 is 2.19 bits per heavy atom. The lowest BCUT2D eigenvalue weighted by Gasteiger charge is -2.17. The van der Waals surface area contributed by atoms with E-state index in [2.05, 4.69) is 36.6 Å². The van der Waals surface area contributed by atoms with Gasteiger partial charge in [0.1, 0.15) is 0 Å². The highest BCUT2D eigenvalue weighted by Crippen LogP contribution is 2.27. The summed E-state index contributed by atoms with van der Waals surface area (Å²) >= 11 is 0. The molecule has 1 aliphatic carbocycles. The number of benzene rings is 2. The molecule has 0 saturated carbocycles. The lowest BCUT2D eigenvalue weighted by Crippen LogP contribution is -2.33. The summed E-state index contributed by atoms with van der Waals surface area (Å²) < 4.78 is 0.